The predicted octanol–water partition coefficient (Wildman–Crippen LogP) is 10.1. The molecule has 2 aliphatic carbocycles. The molecular formula is C54H68Cl2F4N6O4. The van der Waals surface area contributed by atoms with Gasteiger partial charge in [0, 0.05) is 67.0 Å². The Labute approximate surface area is 420 Å². The number of alkyl halides is 3. The Balaban J connectivity index is 0.000000261. The first kappa shape index (κ1) is 55.9. The highest BCUT2D eigenvalue weighted by molar-refractivity contribution is 6.31. The van der Waals surface area contributed by atoms with Gasteiger partial charge >= 0.3 is 6.18 Å². The number of hydrogen-bond acceptors (Lipinski definition) is 6. The first-order valence-corrected chi connectivity index (χ1v) is 24.8. The summed E-state index contributed by atoms with van der Waals surface area (Å²) in [6, 6.07) is 26.2. The fourth-order valence-electron chi connectivity index (χ4n) is 9.62. The normalized spacial score (nSPS) is 20.2. The van der Waals surface area contributed by atoms with Gasteiger partial charge in [0.25, 0.3) is 0 Å². The van der Waals surface area contributed by atoms with Crippen LogP contribution in [0.1, 0.15) is 110 Å². The minimum atomic E-state index is -4.48. The molecule has 0 unspecified atom stereocenters. The van der Waals surface area contributed by atoms with Crippen molar-refractivity contribution in [2.75, 3.05) is 28.2 Å². The second-order valence-corrected chi connectivity index (χ2v) is 20.2. The molecule has 4 amide bonds. The van der Waals surface area contributed by atoms with Crippen molar-refractivity contribution in [2.24, 2.45) is 0 Å². The molecular weight excluding hydrogens is 944 g/mol. The first-order valence-electron chi connectivity index (χ1n) is 24.0. The van der Waals surface area contributed by atoms with E-state index in [9.17, 15) is 36.7 Å². The van der Waals surface area contributed by atoms with E-state index in [0.717, 1.165) is 75.3 Å². The smallest absolute Gasteiger partial charge is 0.353 e. The molecule has 0 saturated heterocycles. The fraction of sp³-hybridized carbons (Fsp3) is 0.481. The predicted molar refractivity (Wildman–Crippen MR) is 269 cm³/mol. The summed E-state index contributed by atoms with van der Waals surface area (Å²) in [6.45, 7) is 2.11. The molecule has 70 heavy (non-hydrogen) atoms. The molecule has 0 bridgehead atoms. The number of likely N-dealkylation sites (N-methyl/N-ethyl adjacent to an activating group) is 2. The van der Waals surface area contributed by atoms with E-state index >= 15 is 0 Å². The number of amides is 4. The van der Waals surface area contributed by atoms with Crippen LogP contribution >= 0.6 is 23.2 Å². The number of hydrogen-bond donors (Lipinski definition) is 4. The highest BCUT2D eigenvalue weighted by Crippen LogP contribution is 2.37. The van der Waals surface area contributed by atoms with Crippen molar-refractivity contribution in [3.05, 3.63) is 140 Å². The third-order valence-corrected chi connectivity index (χ3v) is 14.5. The largest absolute Gasteiger partial charge is 0.416 e. The summed E-state index contributed by atoms with van der Waals surface area (Å²) in [4.78, 5) is 53.7. The second kappa shape index (κ2) is 25.9. The third-order valence-electron chi connectivity index (χ3n) is 13.9. The number of carbonyl (C=O) groups excluding carboxylic acids is 4. The van der Waals surface area contributed by atoms with Gasteiger partial charge in [-0.1, -0.05) is 89.4 Å². The van der Waals surface area contributed by atoms with Crippen LogP contribution in [0.15, 0.2) is 91.0 Å². The summed E-state index contributed by atoms with van der Waals surface area (Å²) in [5, 5.41) is 12.1. The molecule has 4 aromatic carbocycles. The summed E-state index contributed by atoms with van der Waals surface area (Å²) in [6.07, 6.45) is 4.92. The third kappa shape index (κ3) is 17.1. The van der Waals surface area contributed by atoms with Gasteiger partial charge in [-0.05, 0) is 152 Å². The summed E-state index contributed by atoms with van der Waals surface area (Å²) >= 11 is 11.9. The maximum atomic E-state index is 13.2. The van der Waals surface area contributed by atoms with Crippen LogP contribution in [-0.2, 0) is 51.3 Å². The van der Waals surface area contributed by atoms with Crippen LogP contribution in [0.4, 0.5) is 17.6 Å². The molecule has 6 rings (SSSR count). The van der Waals surface area contributed by atoms with Crippen molar-refractivity contribution in [3.8, 4) is 0 Å². The molecule has 2 aliphatic rings. The van der Waals surface area contributed by atoms with Gasteiger partial charge in [0.1, 0.15) is 5.82 Å². The Kier molecular flexibility index (Phi) is 20.7. The molecule has 0 heterocycles. The quantitative estimate of drug-likeness (QED) is 0.0737. The SMILES string of the molecule is CN(C)C1(Cc2cccc(Cl)c2)CCC(NC(=O)CCC(=O)NCc2ccc(F)c(Cl)c2)CC1.Cc1cccc(CC2(N(C)C)CCC(NC(=O)CCC(=O)NCc3ccccc3C(F)(F)F)CC2)c1. The molecule has 0 atom stereocenters. The maximum Gasteiger partial charge on any atom is 0.416 e. The lowest BCUT2D eigenvalue weighted by atomic mass is 9.74. The first-order chi connectivity index (χ1) is 33.1. The molecule has 0 aliphatic heterocycles. The fourth-order valence-corrected chi connectivity index (χ4v) is 10.0. The Hall–Kier alpha value is -5.02. The summed E-state index contributed by atoms with van der Waals surface area (Å²) in [5.41, 5.74) is 3.80. The molecule has 4 N–H and O–H groups in total. The van der Waals surface area contributed by atoms with Gasteiger partial charge in [-0.25, -0.2) is 4.39 Å². The van der Waals surface area contributed by atoms with Gasteiger partial charge in [-0.3, -0.25) is 19.2 Å². The molecule has 16 heteroatoms. The van der Waals surface area contributed by atoms with E-state index in [-0.39, 0.29) is 90.2 Å². The van der Waals surface area contributed by atoms with E-state index in [2.05, 4.69) is 96.5 Å². The summed E-state index contributed by atoms with van der Waals surface area (Å²) < 4.78 is 52.5. The lowest BCUT2D eigenvalue weighted by molar-refractivity contribution is -0.138. The Morgan fingerprint density at radius 1 is 0.600 bits per heavy atom. The van der Waals surface area contributed by atoms with Crippen LogP contribution in [0.3, 0.4) is 0 Å². The zero-order valence-electron chi connectivity index (χ0n) is 40.9. The Bertz CT molecular complexity index is 2380. The minimum absolute atomic E-state index is 0.0000426. The number of rotatable bonds is 18. The van der Waals surface area contributed by atoms with E-state index in [4.69, 9.17) is 23.2 Å². The zero-order chi connectivity index (χ0) is 51.1. The minimum Gasteiger partial charge on any atom is -0.353 e. The van der Waals surface area contributed by atoms with Crippen LogP contribution in [0.5, 0.6) is 0 Å². The second-order valence-electron chi connectivity index (χ2n) is 19.4. The molecule has 0 aromatic heterocycles. The molecule has 0 radical (unpaired) electrons. The van der Waals surface area contributed by atoms with Gasteiger partial charge < -0.3 is 31.1 Å². The van der Waals surface area contributed by atoms with Crippen molar-refractivity contribution in [3.63, 3.8) is 0 Å². The van der Waals surface area contributed by atoms with Gasteiger partial charge in [-0.15, -0.1) is 0 Å². The monoisotopic (exact) mass is 1010 g/mol. The number of benzene rings is 4. The van der Waals surface area contributed by atoms with Crippen LogP contribution in [-0.4, -0.2) is 84.8 Å². The number of carbonyl (C=O) groups is 4. The summed E-state index contributed by atoms with van der Waals surface area (Å²) in [7, 11) is 8.45. The van der Waals surface area contributed by atoms with Crippen LogP contribution < -0.4 is 21.3 Å². The topological polar surface area (TPSA) is 123 Å². The standard InChI is InChI=1S/C28H36F3N3O2.C26H32Cl2FN3O2/c1-20-7-6-8-21(17-20)18-27(34(2)3)15-13-23(14-16-27)33-26(36)12-11-25(35)32-19-22-9-4-5-10-24(22)28(29,30)31;1-32(2)26(16-18-4-3-5-20(27)14-18)12-10-21(11-13-26)31-25(34)9-8-24(33)30-17-19-6-7-23(29)22(28)15-19/h4-10,17,23H,11-16,18-19H2,1-3H3,(H,32,35)(H,33,36);3-7,14-15,21H,8-13,16-17H2,1-2H3,(H,30,33)(H,31,34). The summed E-state index contributed by atoms with van der Waals surface area (Å²) in [5.74, 6) is -1.49. The molecule has 0 spiro atoms. The van der Waals surface area contributed by atoms with Gasteiger partial charge in [0.15, 0.2) is 0 Å². The van der Waals surface area contributed by atoms with Crippen molar-refractivity contribution < 1.29 is 36.7 Å². The lowest BCUT2D eigenvalue weighted by Gasteiger charge is -2.45. The van der Waals surface area contributed by atoms with Crippen LogP contribution in [0.25, 0.3) is 0 Å². The van der Waals surface area contributed by atoms with E-state index in [1.54, 1.807) is 6.07 Å². The van der Waals surface area contributed by atoms with Crippen molar-refractivity contribution in [1.82, 2.24) is 31.1 Å². The van der Waals surface area contributed by atoms with Gasteiger partial charge in [0.2, 0.25) is 23.6 Å². The molecule has 4 aromatic rings. The number of nitrogens with zero attached hydrogens (tertiary/aromatic N) is 2. The van der Waals surface area contributed by atoms with Crippen molar-refractivity contribution in [1.29, 1.82) is 0 Å². The van der Waals surface area contributed by atoms with E-state index in [1.807, 2.05) is 18.2 Å². The van der Waals surface area contributed by atoms with Crippen molar-refractivity contribution in [2.45, 2.75) is 139 Å². The zero-order valence-corrected chi connectivity index (χ0v) is 42.4. The maximum absolute atomic E-state index is 13.2. The number of nitrogens with one attached hydrogen (secondary N) is 4. The average molecular weight is 1010 g/mol. The lowest BCUT2D eigenvalue weighted by Crippen LogP contribution is -2.52. The van der Waals surface area contributed by atoms with Gasteiger partial charge in [0.05, 0.1) is 10.6 Å². The van der Waals surface area contributed by atoms with Crippen molar-refractivity contribution >= 4 is 46.8 Å². The van der Waals surface area contributed by atoms with Crippen LogP contribution in [0.2, 0.25) is 10.0 Å². The number of halogens is 6. The molecule has 2 fully saturated rings. The molecule has 380 valence electrons. The van der Waals surface area contributed by atoms with Gasteiger partial charge in [-0.2, -0.15) is 13.2 Å². The Morgan fingerprint density at radius 3 is 1.57 bits per heavy atom. The molecule has 10 nitrogen and oxygen atoms in total. The Morgan fingerprint density at radius 2 is 1.09 bits per heavy atom. The van der Waals surface area contributed by atoms with E-state index in [1.165, 1.54) is 47.0 Å². The van der Waals surface area contributed by atoms with E-state index < -0.39 is 23.5 Å². The van der Waals surface area contributed by atoms with Crippen LogP contribution in [0, 0.1) is 12.7 Å². The molecule has 2 saturated carbocycles. The van der Waals surface area contributed by atoms with E-state index in [0.29, 0.717) is 5.56 Å². The highest BCUT2D eigenvalue weighted by Gasteiger charge is 2.39. The average Bonchev–Trinajstić information content (AvgIpc) is 3.31. The highest BCUT2D eigenvalue weighted by atomic mass is 35.5. The number of aryl methyl sites for hydroxylation is 1.